The number of aliphatic hydroxyl groups is 1. The maximum atomic E-state index is 11.6. The number of ether oxygens (including phenoxy) is 1. The molecule has 0 saturated heterocycles. The SMILES string of the molecule is CCCCCCCCCCCCCCCCC(CO)OC(=O)CCCC. The van der Waals surface area contributed by atoms with Crippen molar-refractivity contribution >= 4 is 5.97 Å². The zero-order valence-electron chi connectivity index (χ0n) is 17.8. The number of hydrogen-bond donors (Lipinski definition) is 1. The van der Waals surface area contributed by atoms with Crippen LogP contribution in [0.2, 0.25) is 0 Å². The Hall–Kier alpha value is -0.570. The molecule has 0 saturated carbocycles. The molecule has 0 aromatic rings. The van der Waals surface area contributed by atoms with Gasteiger partial charge < -0.3 is 9.84 Å². The van der Waals surface area contributed by atoms with Crippen molar-refractivity contribution in [3.8, 4) is 0 Å². The van der Waals surface area contributed by atoms with Crippen molar-refractivity contribution in [2.24, 2.45) is 0 Å². The van der Waals surface area contributed by atoms with Gasteiger partial charge in [0.1, 0.15) is 6.10 Å². The Morgan fingerprint density at radius 2 is 1.12 bits per heavy atom. The molecule has 0 radical (unpaired) electrons. The van der Waals surface area contributed by atoms with E-state index in [4.69, 9.17) is 4.74 Å². The van der Waals surface area contributed by atoms with E-state index < -0.39 is 0 Å². The van der Waals surface area contributed by atoms with Crippen LogP contribution in [0.5, 0.6) is 0 Å². The molecule has 0 aromatic heterocycles. The minimum Gasteiger partial charge on any atom is -0.460 e. The van der Waals surface area contributed by atoms with Gasteiger partial charge in [-0.2, -0.15) is 0 Å². The Balaban J connectivity index is 3.32. The molecule has 1 atom stereocenters. The van der Waals surface area contributed by atoms with E-state index in [2.05, 4.69) is 13.8 Å². The van der Waals surface area contributed by atoms with E-state index >= 15 is 0 Å². The van der Waals surface area contributed by atoms with Crippen molar-refractivity contribution in [2.75, 3.05) is 6.61 Å². The lowest BCUT2D eigenvalue weighted by molar-refractivity contribution is -0.151. The first-order chi connectivity index (χ1) is 12.7. The summed E-state index contributed by atoms with van der Waals surface area (Å²) in [5.41, 5.74) is 0. The summed E-state index contributed by atoms with van der Waals surface area (Å²) in [6.45, 7) is 4.29. The largest absolute Gasteiger partial charge is 0.460 e. The van der Waals surface area contributed by atoms with E-state index in [1.165, 1.54) is 83.5 Å². The Morgan fingerprint density at radius 1 is 0.692 bits per heavy atom. The van der Waals surface area contributed by atoms with Gasteiger partial charge in [-0.15, -0.1) is 0 Å². The highest BCUT2D eigenvalue weighted by Gasteiger charge is 2.12. The van der Waals surface area contributed by atoms with Gasteiger partial charge >= 0.3 is 5.97 Å². The molecule has 0 aliphatic heterocycles. The summed E-state index contributed by atoms with van der Waals surface area (Å²) in [6.07, 6.45) is 21.6. The van der Waals surface area contributed by atoms with Crippen LogP contribution in [0.1, 0.15) is 129 Å². The van der Waals surface area contributed by atoms with E-state index in [-0.39, 0.29) is 18.7 Å². The van der Waals surface area contributed by atoms with Crippen molar-refractivity contribution in [3.63, 3.8) is 0 Å². The van der Waals surface area contributed by atoms with Gasteiger partial charge in [0.25, 0.3) is 0 Å². The highest BCUT2D eigenvalue weighted by Crippen LogP contribution is 2.14. The zero-order valence-corrected chi connectivity index (χ0v) is 17.8. The molecule has 3 heteroatoms. The summed E-state index contributed by atoms with van der Waals surface area (Å²) < 4.78 is 5.33. The highest BCUT2D eigenvalue weighted by atomic mass is 16.5. The van der Waals surface area contributed by atoms with Crippen LogP contribution < -0.4 is 0 Å². The Labute approximate surface area is 163 Å². The van der Waals surface area contributed by atoms with Gasteiger partial charge in [0.15, 0.2) is 0 Å². The third-order valence-corrected chi connectivity index (χ3v) is 5.12. The Bertz CT molecular complexity index is 291. The molecule has 156 valence electrons. The molecular weight excluding hydrogens is 324 g/mol. The van der Waals surface area contributed by atoms with Crippen LogP contribution in [-0.4, -0.2) is 23.8 Å². The molecule has 0 spiro atoms. The van der Waals surface area contributed by atoms with Crippen LogP contribution in [0.3, 0.4) is 0 Å². The molecule has 26 heavy (non-hydrogen) atoms. The standard InChI is InChI=1S/C23H46O3/c1-3-5-7-8-9-10-11-12-13-14-15-16-17-18-19-22(21-24)26-23(25)20-6-4-2/h22,24H,3-21H2,1-2H3. The summed E-state index contributed by atoms with van der Waals surface area (Å²) in [5, 5.41) is 9.33. The topological polar surface area (TPSA) is 46.5 Å². The smallest absolute Gasteiger partial charge is 0.306 e. The van der Waals surface area contributed by atoms with Gasteiger partial charge in [-0.3, -0.25) is 4.79 Å². The second-order valence-electron chi connectivity index (χ2n) is 7.78. The average molecular weight is 371 g/mol. The van der Waals surface area contributed by atoms with Crippen molar-refractivity contribution in [1.82, 2.24) is 0 Å². The second kappa shape index (κ2) is 20.7. The maximum Gasteiger partial charge on any atom is 0.306 e. The zero-order chi connectivity index (χ0) is 19.3. The molecule has 0 rings (SSSR count). The van der Waals surface area contributed by atoms with E-state index in [1.807, 2.05) is 0 Å². The van der Waals surface area contributed by atoms with Crippen LogP contribution in [0.25, 0.3) is 0 Å². The lowest BCUT2D eigenvalue weighted by atomic mass is 10.0. The minimum absolute atomic E-state index is 0.0453. The summed E-state index contributed by atoms with van der Waals surface area (Å²) in [5.74, 6) is -0.156. The monoisotopic (exact) mass is 370 g/mol. The normalized spacial score (nSPS) is 12.3. The van der Waals surface area contributed by atoms with Gasteiger partial charge in [-0.1, -0.05) is 104 Å². The Kier molecular flexibility index (Phi) is 20.3. The average Bonchev–Trinajstić information content (AvgIpc) is 2.65. The van der Waals surface area contributed by atoms with Crippen molar-refractivity contribution in [1.29, 1.82) is 0 Å². The molecule has 0 aliphatic carbocycles. The molecule has 0 aromatic carbocycles. The third-order valence-electron chi connectivity index (χ3n) is 5.12. The molecule has 1 N–H and O–H groups in total. The molecule has 0 bridgehead atoms. The predicted octanol–water partition coefficient (Wildman–Crippen LogP) is 6.95. The molecule has 0 heterocycles. The number of carbonyl (C=O) groups is 1. The third kappa shape index (κ3) is 18.2. The summed E-state index contributed by atoms with van der Waals surface area (Å²) in [6, 6.07) is 0. The van der Waals surface area contributed by atoms with Gasteiger partial charge in [0.2, 0.25) is 0 Å². The number of rotatable bonds is 20. The van der Waals surface area contributed by atoms with Gasteiger partial charge in [-0.25, -0.2) is 0 Å². The van der Waals surface area contributed by atoms with Crippen molar-refractivity contribution in [3.05, 3.63) is 0 Å². The summed E-state index contributed by atoms with van der Waals surface area (Å²) in [7, 11) is 0. The van der Waals surface area contributed by atoms with Crippen molar-refractivity contribution in [2.45, 2.75) is 136 Å². The fourth-order valence-electron chi connectivity index (χ4n) is 3.32. The second-order valence-corrected chi connectivity index (χ2v) is 7.78. The maximum absolute atomic E-state index is 11.6. The van der Waals surface area contributed by atoms with Crippen molar-refractivity contribution < 1.29 is 14.6 Å². The van der Waals surface area contributed by atoms with Crippen LogP contribution >= 0.6 is 0 Å². The lowest BCUT2D eigenvalue weighted by Gasteiger charge is -2.15. The van der Waals surface area contributed by atoms with Crippen LogP contribution in [0.4, 0.5) is 0 Å². The lowest BCUT2D eigenvalue weighted by Crippen LogP contribution is -2.21. The minimum atomic E-state index is -0.295. The van der Waals surface area contributed by atoms with Crippen LogP contribution in [-0.2, 0) is 9.53 Å². The number of aliphatic hydroxyl groups excluding tert-OH is 1. The first-order valence-corrected chi connectivity index (χ1v) is 11.5. The number of unbranched alkanes of at least 4 members (excludes halogenated alkanes) is 14. The van der Waals surface area contributed by atoms with Gasteiger partial charge in [0, 0.05) is 6.42 Å². The first-order valence-electron chi connectivity index (χ1n) is 11.5. The van der Waals surface area contributed by atoms with E-state index in [9.17, 15) is 9.90 Å². The summed E-state index contributed by atoms with van der Waals surface area (Å²) >= 11 is 0. The fourth-order valence-corrected chi connectivity index (χ4v) is 3.32. The number of esters is 1. The first kappa shape index (κ1) is 25.4. The number of carbonyl (C=O) groups excluding carboxylic acids is 1. The van der Waals surface area contributed by atoms with E-state index in [0.29, 0.717) is 6.42 Å². The molecule has 0 amide bonds. The highest BCUT2D eigenvalue weighted by molar-refractivity contribution is 5.69. The van der Waals surface area contributed by atoms with Crippen LogP contribution in [0, 0.1) is 0 Å². The molecule has 0 fully saturated rings. The number of hydrogen-bond acceptors (Lipinski definition) is 3. The molecule has 3 nitrogen and oxygen atoms in total. The Morgan fingerprint density at radius 3 is 1.54 bits per heavy atom. The summed E-state index contributed by atoms with van der Waals surface area (Å²) in [4.78, 5) is 11.6. The molecule has 1 unspecified atom stereocenters. The quantitative estimate of drug-likeness (QED) is 0.186. The fraction of sp³-hybridized carbons (Fsp3) is 0.957. The molecular formula is C23H46O3. The van der Waals surface area contributed by atoms with Crippen LogP contribution in [0.15, 0.2) is 0 Å². The predicted molar refractivity (Wildman–Crippen MR) is 111 cm³/mol. The molecule has 0 aliphatic rings. The van der Waals surface area contributed by atoms with E-state index in [0.717, 1.165) is 25.7 Å². The van der Waals surface area contributed by atoms with Gasteiger partial charge in [0.05, 0.1) is 6.61 Å². The van der Waals surface area contributed by atoms with E-state index in [1.54, 1.807) is 0 Å². The van der Waals surface area contributed by atoms with Gasteiger partial charge in [-0.05, 0) is 19.3 Å².